The fraction of sp³-hybridized carbons (Fsp3) is 0.750. The van der Waals surface area contributed by atoms with Crippen LogP contribution in [0, 0.1) is 5.92 Å². The van der Waals surface area contributed by atoms with Crippen molar-refractivity contribution in [1.29, 1.82) is 0 Å². The van der Waals surface area contributed by atoms with Gasteiger partial charge >= 0.3 is 0 Å². The van der Waals surface area contributed by atoms with Crippen LogP contribution in [0.15, 0.2) is 12.4 Å². The van der Waals surface area contributed by atoms with Gasteiger partial charge in [-0.1, -0.05) is 13.8 Å². The van der Waals surface area contributed by atoms with Gasteiger partial charge in [-0.3, -0.25) is 0 Å². The molecule has 1 aliphatic rings. The average Bonchev–Trinajstić information content (AvgIpc) is 2.67. The second-order valence-corrected chi connectivity index (χ2v) is 4.56. The van der Waals surface area contributed by atoms with E-state index in [0.29, 0.717) is 5.92 Å². The van der Waals surface area contributed by atoms with Gasteiger partial charge in [0.25, 0.3) is 0 Å². The third kappa shape index (κ3) is 2.23. The molecular weight excluding hydrogens is 186 g/mol. The Balaban J connectivity index is 2.15. The summed E-state index contributed by atoms with van der Waals surface area (Å²) in [6.45, 7) is 7.90. The summed E-state index contributed by atoms with van der Waals surface area (Å²) < 4.78 is 2.31. The largest absolute Gasteiger partial charge is 0.335 e. The molecule has 84 valence electrons. The highest BCUT2D eigenvalue weighted by atomic mass is 15.1. The third-order valence-electron chi connectivity index (χ3n) is 3.37. The Morgan fingerprint density at radius 1 is 1.60 bits per heavy atom. The molecule has 1 N–H and O–H groups in total. The molecule has 1 aliphatic heterocycles. The smallest absolute Gasteiger partial charge is 0.113 e. The lowest BCUT2D eigenvalue weighted by Crippen LogP contribution is -2.35. The summed E-state index contributed by atoms with van der Waals surface area (Å²) >= 11 is 0. The molecule has 2 unspecified atom stereocenters. The molecule has 1 saturated heterocycles. The topological polar surface area (TPSA) is 29.9 Å². The van der Waals surface area contributed by atoms with Crippen molar-refractivity contribution in [2.45, 2.75) is 39.2 Å². The molecule has 0 aromatic carbocycles. The van der Waals surface area contributed by atoms with E-state index in [1.54, 1.807) is 0 Å². The molecule has 0 bridgehead atoms. The summed E-state index contributed by atoms with van der Waals surface area (Å²) in [6, 6.07) is 0. The second kappa shape index (κ2) is 4.79. The lowest BCUT2D eigenvalue weighted by molar-refractivity contribution is 0.329. The number of nitrogens with zero attached hydrogens (tertiary/aromatic N) is 2. The van der Waals surface area contributed by atoms with Gasteiger partial charge in [-0.25, -0.2) is 4.98 Å². The average molecular weight is 207 g/mol. The van der Waals surface area contributed by atoms with Gasteiger partial charge in [-0.05, 0) is 25.3 Å². The highest BCUT2D eigenvalue weighted by Crippen LogP contribution is 2.27. The van der Waals surface area contributed by atoms with Crippen LogP contribution in [0.5, 0.6) is 0 Å². The van der Waals surface area contributed by atoms with E-state index >= 15 is 0 Å². The summed E-state index contributed by atoms with van der Waals surface area (Å²) in [7, 11) is 0. The van der Waals surface area contributed by atoms with Crippen molar-refractivity contribution in [1.82, 2.24) is 14.9 Å². The molecule has 1 aromatic heterocycles. The lowest BCUT2D eigenvalue weighted by atomic mass is 9.87. The maximum atomic E-state index is 4.53. The number of hydrogen-bond donors (Lipinski definition) is 1. The second-order valence-electron chi connectivity index (χ2n) is 4.56. The molecule has 0 radical (unpaired) electrons. The summed E-state index contributed by atoms with van der Waals surface area (Å²) in [5, 5.41) is 3.47. The molecule has 1 aromatic rings. The van der Waals surface area contributed by atoms with Gasteiger partial charge in [0.15, 0.2) is 0 Å². The Labute approximate surface area is 91.9 Å². The number of aromatic nitrogens is 2. The van der Waals surface area contributed by atoms with Gasteiger partial charge < -0.3 is 9.88 Å². The first-order chi connectivity index (χ1) is 7.33. The molecule has 3 nitrogen and oxygen atoms in total. The Kier molecular flexibility index (Phi) is 3.41. The molecule has 2 rings (SSSR count). The summed E-state index contributed by atoms with van der Waals surface area (Å²) in [5.41, 5.74) is 0. The molecule has 0 amide bonds. The predicted molar refractivity (Wildman–Crippen MR) is 61.9 cm³/mol. The molecule has 0 saturated carbocycles. The van der Waals surface area contributed by atoms with E-state index in [1.807, 2.05) is 6.20 Å². The van der Waals surface area contributed by atoms with E-state index in [-0.39, 0.29) is 0 Å². The van der Waals surface area contributed by atoms with Crippen LogP contribution in [0.25, 0.3) is 0 Å². The van der Waals surface area contributed by atoms with Crippen molar-refractivity contribution >= 4 is 0 Å². The first-order valence-corrected chi connectivity index (χ1v) is 6.04. The number of hydrogen-bond acceptors (Lipinski definition) is 2. The number of nitrogens with one attached hydrogen (secondary N) is 1. The predicted octanol–water partition coefficient (Wildman–Crippen LogP) is 2.01. The van der Waals surface area contributed by atoms with Crippen molar-refractivity contribution in [3.63, 3.8) is 0 Å². The van der Waals surface area contributed by atoms with E-state index in [9.17, 15) is 0 Å². The van der Waals surface area contributed by atoms with Crippen LogP contribution in [0.2, 0.25) is 0 Å². The zero-order chi connectivity index (χ0) is 10.7. The zero-order valence-electron chi connectivity index (χ0n) is 9.74. The molecule has 2 atom stereocenters. The summed E-state index contributed by atoms with van der Waals surface area (Å²) in [6.07, 6.45) is 6.49. The Hall–Kier alpha value is -0.830. The monoisotopic (exact) mass is 207 g/mol. The maximum absolute atomic E-state index is 4.53. The molecule has 0 aliphatic carbocycles. The van der Waals surface area contributed by atoms with Crippen molar-refractivity contribution < 1.29 is 0 Å². The Bertz CT molecular complexity index is 306. The number of aryl methyl sites for hydroxylation is 1. The highest BCUT2D eigenvalue weighted by molar-refractivity contribution is 5.04. The van der Waals surface area contributed by atoms with E-state index in [4.69, 9.17) is 0 Å². The van der Waals surface area contributed by atoms with Gasteiger partial charge in [0.1, 0.15) is 5.82 Å². The van der Waals surface area contributed by atoms with Gasteiger partial charge in [0.2, 0.25) is 0 Å². The normalized spacial score (nSPS) is 26.8. The van der Waals surface area contributed by atoms with Gasteiger partial charge in [-0.15, -0.1) is 0 Å². The van der Waals surface area contributed by atoms with Crippen LogP contribution in [-0.4, -0.2) is 22.6 Å². The van der Waals surface area contributed by atoms with Crippen molar-refractivity contribution in [3.05, 3.63) is 18.2 Å². The maximum Gasteiger partial charge on any atom is 0.113 e. The van der Waals surface area contributed by atoms with E-state index in [0.717, 1.165) is 25.6 Å². The minimum atomic E-state index is 0.597. The number of rotatable bonds is 3. The van der Waals surface area contributed by atoms with Crippen molar-refractivity contribution in [3.8, 4) is 0 Å². The first-order valence-electron chi connectivity index (χ1n) is 6.04. The van der Waals surface area contributed by atoms with Gasteiger partial charge in [0.05, 0.1) is 0 Å². The van der Waals surface area contributed by atoms with Crippen LogP contribution < -0.4 is 5.32 Å². The quantitative estimate of drug-likeness (QED) is 0.821. The van der Waals surface area contributed by atoms with Gasteiger partial charge in [-0.2, -0.15) is 0 Å². The molecule has 2 heterocycles. The van der Waals surface area contributed by atoms with E-state index in [2.05, 4.69) is 34.9 Å². The van der Waals surface area contributed by atoms with E-state index < -0.39 is 0 Å². The fourth-order valence-electron chi connectivity index (χ4n) is 2.41. The van der Waals surface area contributed by atoms with Crippen LogP contribution in [0.3, 0.4) is 0 Å². The van der Waals surface area contributed by atoms with E-state index in [1.165, 1.54) is 18.7 Å². The van der Waals surface area contributed by atoms with Crippen molar-refractivity contribution in [2.75, 3.05) is 13.1 Å². The summed E-state index contributed by atoms with van der Waals surface area (Å²) in [4.78, 5) is 4.53. The molecule has 0 spiro atoms. The number of imidazole rings is 1. The van der Waals surface area contributed by atoms with Crippen molar-refractivity contribution in [2.24, 2.45) is 5.92 Å². The fourth-order valence-corrected chi connectivity index (χ4v) is 2.41. The highest BCUT2D eigenvalue weighted by Gasteiger charge is 2.25. The number of piperidine rings is 1. The molecule has 15 heavy (non-hydrogen) atoms. The first kappa shape index (κ1) is 10.7. The Morgan fingerprint density at radius 3 is 3.20 bits per heavy atom. The third-order valence-corrected chi connectivity index (χ3v) is 3.37. The minimum Gasteiger partial charge on any atom is -0.335 e. The van der Waals surface area contributed by atoms with Crippen LogP contribution >= 0.6 is 0 Å². The van der Waals surface area contributed by atoms with Crippen LogP contribution in [0.1, 0.15) is 38.4 Å². The van der Waals surface area contributed by atoms with Crippen LogP contribution in [-0.2, 0) is 6.54 Å². The minimum absolute atomic E-state index is 0.597. The van der Waals surface area contributed by atoms with Crippen LogP contribution in [0.4, 0.5) is 0 Å². The van der Waals surface area contributed by atoms with Gasteiger partial charge in [0, 0.05) is 31.4 Å². The zero-order valence-corrected chi connectivity index (χ0v) is 9.74. The molecular formula is C12H21N3. The molecule has 3 heteroatoms. The lowest BCUT2D eigenvalue weighted by Gasteiger charge is -2.29. The standard InChI is InChI=1S/C12H21N3/c1-3-7-15-8-6-14-12(15)11-9-13-5-4-10(11)2/h6,8,10-11,13H,3-5,7,9H2,1-2H3. The molecule has 1 fully saturated rings. The summed E-state index contributed by atoms with van der Waals surface area (Å²) in [5.74, 6) is 2.63. The SMILES string of the molecule is CCCn1ccnc1C1CNCCC1C. The Morgan fingerprint density at radius 2 is 2.47 bits per heavy atom.